The first-order chi connectivity index (χ1) is 17.3. The minimum Gasteiger partial charge on any atom is -0.507 e. The molecule has 36 heavy (non-hydrogen) atoms. The number of carbonyl (C=O) groups excluding carboxylic acids is 3. The smallest absolute Gasteiger partial charge is 0.296 e. The van der Waals surface area contributed by atoms with E-state index in [1.807, 2.05) is 25.9 Å². The standard InChI is InChI=1S/C28H31N3O5/c1-5-16-30-22-11-8-7-10-21(22)28(27(30)35)23(24(32)19-12-14-20(15-13-19)36-6-2)25(33)26(34)31(28)18-9-17-29(3)4/h5,7-8,10-15,32H,1,6,9,16-18H2,2-4H3/t28-/m1/s1. The molecule has 0 unspecified atom stereocenters. The van der Waals surface area contributed by atoms with Crippen molar-refractivity contribution in [2.75, 3.05) is 45.2 Å². The highest BCUT2D eigenvalue weighted by molar-refractivity contribution is 6.50. The lowest BCUT2D eigenvalue weighted by Crippen LogP contribution is -2.52. The summed E-state index contributed by atoms with van der Waals surface area (Å²) < 4.78 is 5.48. The maximum Gasteiger partial charge on any atom is 0.296 e. The van der Waals surface area contributed by atoms with Crippen molar-refractivity contribution < 1.29 is 24.2 Å². The van der Waals surface area contributed by atoms with Gasteiger partial charge in [0, 0.05) is 24.2 Å². The predicted octanol–water partition coefficient (Wildman–Crippen LogP) is 3.15. The summed E-state index contributed by atoms with van der Waals surface area (Å²) >= 11 is 0. The topological polar surface area (TPSA) is 90.4 Å². The van der Waals surface area contributed by atoms with E-state index in [0.29, 0.717) is 42.1 Å². The summed E-state index contributed by atoms with van der Waals surface area (Å²) in [5.74, 6) is -1.93. The lowest BCUT2D eigenvalue weighted by Gasteiger charge is -2.34. The molecule has 2 heterocycles. The number of benzene rings is 2. The van der Waals surface area contributed by atoms with Gasteiger partial charge in [-0.25, -0.2) is 0 Å². The zero-order valence-corrected chi connectivity index (χ0v) is 20.9. The number of carbonyl (C=O) groups is 3. The summed E-state index contributed by atoms with van der Waals surface area (Å²) in [6, 6.07) is 13.7. The van der Waals surface area contributed by atoms with Gasteiger partial charge in [-0.05, 0) is 64.3 Å². The van der Waals surface area contributed by atoms with Gasteiger partial charge in [0.25, 0.3) is 17.6 Å². The van der Waals surface area contributed by atoms with Gasteiger partial charge in [0.15, 0.2) is 5.54 Å². The molecule has 0 radical (unpaired) electrons. The summed E-state index contributed by atoms with van der Waals surface area (Å²) in [5.41, 5.74) is -0.585. The van der Waals surface area contributed by atoms with Crippen molar-refractivity contribution in [2.45, 2.75) is 18.9 Å². The van der Waals surface area contributed by atoms with Crippen LogP contribution in [0.15, 0.2) is 66.8 Å². The zero-order valence-electron chi connectivity index (χ0n) is 20.9. The van der Waals surface area contributed by atoms with Gasteiger partial charge in [0.1, 0.15) is 11.5 Å². The predicted molar refractivity (Wildman–Crippen MR) is 138 cm³/mol. The largest absolute Gasteiger partial charge is 0.507 e. The minimum absolute atomic E-state index is 0.171. The quantitative estimate of drug-likeness (QED) is 0.252. The highest BCUT2D eigenvalue weighted by Gasteiger charge is 2.66. The van der Waals surface area contributed by atoms with Crippen LogP contribution >= 0.6 is 0 Å². The molecule has 2 amide bonds. The monoisotopic (exact) mass is 489 g/mol. The van der Waals surface area contributed by atoms with Crippen molar-refractivity contribution in [3.05, 3.63) is 77.9 Å². The lowest BCUT2D eigenvalue weighted by molar-refractivity contribution is -0.143. The average Bonchev–Trinajstić information content (AvgIpc) is 3.23. The summed E-state index contributed by atoms with van der Waals surface area (Å²) in [4.78, 5) is 46.0. The Balaban J connectivity index is 1.96. The zero-order chi connectivity index (χ0) is 26.0. The molecule has 8 heteroatoms. The fourth-order valence-corrected chi connectivity index (χ4v) is 5.04. The first kappa shape index (κ1) is 25.2. The Hall–Kier alpha value is -3.91. The fourth-order valence-electron chi connectivity index (χ4n) is 5.04. The summed E-state index contributed by atoms with van der Waals surface area (Å²) in [6.45, 7) is 7.14. The number of hydrogen-bond acceptors (Lipinski definition) is 6. The Morgan fingerprint density at radius 2 is 1.81 bits per heavy atom. The number of Topliss-reactive ketones (excluding diaryl/α,β-unsaturated/α-hetero) is 1. The molecular weight excluding hydrogens is 458 g/mol. The third kappa shape index (κ3) is 3.87. The van der Waals surface area contributed by atoms with E-state index in [-0.39, 0.29) is 18.7 Å². The summed E-state index contributed by atoms with van der Waals surface area (Å²) in [5, 5.41) is 11.5. The normalized spacial score (nSPS) is 20.5. The van der Waals surface area contributed by atoms with Crippen LogP contribution in [0, 0.1) is 0 Å². The van der Waals surface area contributed by atoms with Crippen LogP contribution in [0.1, 0.15) is 24.5 Å². The number of amides is 2. The highest BCUT2D eigenvalue weighted by atomic mass is 16.5. The first-order valence-electron chi connectivity index (χ1n) is 12.0. The van der Waals surface area contributed by atoms with E-state index in [1.165, 1.54) is 9.80 Å². The van der Waals surface area contributed by atoms with E-state index in [4.69, 9.17) is 4.74 Å². The van der Waals surface area contributed by atoms with E-state index in [9.17, 15) is 19.5 Å². The molecule has 0 bridgehead atoms. The molecule has 1 fully saturated rings. The molecule has 0 aromatic heterocycles. The Kier molecular flexibility index (Phi) is 6.99. The highest BCUT2D eigenvalue weighted by Crippen LogP contribution is 2.53. The van der Waals surface area contributed by atoms with E-state index in [2.05, 4.69) is 6.58 Å². The number of hydrogen-bond donors (Lipinski definition) is 1. The Morgan fingerprint density at radius 3 is 2.44 bits per heavy atom. The molecule has 188 valence electrons. The van der Waals surface area contributed by atoms with Crippen LogP contribution in [-0.2, 0) is 19.9 Å². The van der Waals surface area contributed by atoms with Crippen LogP contribution in [0.25, 0.3) is 5.76 Å². The number of ketones is 1. The van der Waals surface area contributed by atoms with Crippen LogP contribution < -0.4 is 9.64 Å². The number of nitrogens with zero attached hydrogens (tertiary/aromatic N) is 3. The molecule has 1 spiro atoms. The van der Waals surface area contributed by atoms with Crippen molar-refractivity contribution >= 4 is 29.0 Å². The van der Waals surface area contributed by atoms with Crippen molar-refractivity contribution in [2.24, 2.45) is 0 Å². The molecule has 2 aliphatic heterocycles. The number of rotatable bonds is 9. The number of aliphatic hydroxyl groups excluding tert-OH is 1. The Labute approximate surface area is 211 Å². The Morgan fingerprint density at radius 1 is 1.11 bits per heavy atom. The Bertz CT molecular complexity index is 1230. The summed E-state index contributed by atoms with van der Waals surface area (Å²) in [7, 11) is 3.83. The molecule has 0 saturated carbocycles. The van der Waals surface area contributed by atoms with E-state index in [0.717, 1.165) is 0 Å². The number of fused-ring (bicyclic) bond motifs is 2. The molecule has 2 aromatic rings. The molecule has 4 rings (SSSR count). The van der Waals surface area contributed by atoms with Gasteiger partial charge >= 0.3 is 0 Å². The van der Waals surface area contributed by atoms with Crippen LogP contribution in [0.2, 0.25) is 0 Å². The maximum absolute atomic E-state index is 14.2. The van der Waals surface area contributed by atoms with Gasteiger partial charge < -0.3 is 24.5 Å². The molecule has 1 N–H and O–H groups in total. The van der Waals surface area contributed by atoms with Gasteiger partial charge in [0.05, 0.1) is 17.9 Å². The van der Waals surface area contributed by atoms with Crippen LogP contribution in [-0.4, -0.2) is 72.8 Å². The first-order valence-corrected chi connectivity index (χ1v) is 12.0. The van der Waals surface area contributed by atoms with Gasteiger partial charge in [-0.2, -0.15) is 0 Å². The number of ether oxygens (including phenoxy) is 1. The minimum atomic E-state index is -1.76. The van der Waals surface area contributed by atoms with Crippen molar-refractivity contribution in [3.8, 4) is 5.75 Å². The van der Waals surface area contributed by atoms with Crippen molar-refractivity contribution in [1.82, 2.24) is 9.80 Å². The number of para-hydroxylation sites is 1. The molecule has 2 aromatic carbocycles. The number of likely N-dealkylation sites (tertiary alicyclic amines) is 1. The van der Waals surface area contributed by atoms with Gasteiger partial charge in [-0.1, -0.05) is 24.3 Å². The van der Waals surface area contributed by atoms with Gasteiger partial charge in [0.2, 0.25) is 0 Å². The molecule has 0 aliphatic carbocycles. The van der Waals surface area contributed by atoms with Gasteiger partial charge in [-0.3, -0.25) is 14.4 Å². The molecular formula is C28H31N3O5. The number of anilines is 1. The van der Waals surface area contributed by atoms with Gasteiger partial charge in [-0.15, -0.1) is 6.58 Å². The average molecular weight is 490 g/mol. The maximum atomic E-state index is 14.2. The molecule has 2 aliphatic rings. The summed E-state index contributed by atoms with van der Waals surface area (Å²) in [6.07, 6.45) is 2.14. The van der Waals surface area contributed by atoms with Crippen LogP contribution in [0.3, 0.4) is 0 Å². The second kappa shape index (κ2) is 9.99. The third-order valence-electron chi connectivity index (χ3n) is 6.55. The fraction of sp³-hybridized carbons (Fsp3) is 0.321. The second-order valence-corrected chi connectivity index (χ2v) is 9.06. The third-order valence-corrected chi connectivity index (χ3v) is 6.55. The second-order valence-electron chi connectivity index (χ2n) is 9.06. The number of aliphatic hydroxyl groups is 1. The van der Waals surface area contributed by atoms with Crippen LogP contribution in [0.4, 0.5) is 5.69 Å². The molecule has 1 atom stereocenters. The van der Waals surface area contributed by atoms with E-state index < -0.39 is 28.9 Å². The van der Waals surface area contributed by atoms with Crippen LogP contribution in [0.5, 0.6) is 5.75 Å². The molecule has 1 saturated heterocycles. The van der Waals surface area contributed by atoms with E-state index >= 15 is 0 Å². The van der Waals surface area contributed by atoms with Crippen molar-refractivity contribution in [1.29, 1.82) is 0 Å². The van der Waals surface area contributed by atoms with E-state index in [1.54, 1.807) is 54.6 Å². The molecule has 8 nitrogen and oxygen atoms in total. The lowest BCUT2D eigenvalue weighted by atomic mass is 9.82. The SMILES string of the molecule is C=CCN1C(=O)[C@]2(C(=C(O)c3ccc(OCC)cc3)C(=O)C(=O)N2CCCN(C)C)c2ccccc21. The van der Waals surface area contributed by atoms with Crippen molar-refractivity contribution in [3.63, 3.8) is 0 Å².